The molecule has 2 heterocycles. The van der Waals surface area contributed by atoms with Crippen molar-refractivity contribution in [3.8, 4) is 17.0 Å². The van der Waals surface area contributed by atoms with Crippen molar-refractivity contribution in [2.45, 2.75) is 39.3 Å². The summed E-state index contributed by atoms with van der Waals surface area (Å²) in [6.07, 6.45) is 0. The normalized spacial score (nSPS) is 11.9. The highest BCUT2D eigenvalue weighted by molar-refractivity contribution is 6.76. The molecule has 0 atom stereocenters. The Morgan fingerprint density at radius 2 is 1.96 bits per heavy atom. The minimum Gasteiger partial charge on any atom is -0.493 e. The number of hydrogen-bond donors (Lipinski definition) is 0. The van der Waals surface area contributed by atoms with E-state index < -0.39 is 13.9 Å². The van der Waals surface area contributed by atoms with E-state index in [1.165, 1.54) is 6.07 Å². The quantitative estimate of drug-likeness (QED) is 0.270. The monoisotopic (exact) mass is 421 g/mol. The highest BCUT2D eigenvalue weighted by atomic mass is 35.5. The Hall–Kier alpha value is -1.96. The molecule has 5 nitrogen and oxygen atoms in total. The van der Waals surface area contributed by atoms with Gasteiger partial charge >= 0.3 is 0 Å². The molecule has 1 aromatic carbocycles. The second-order valence-electron chi connectivity index (χ2n) is 7.75. The molecule has 0 spiro atoms. The summed E-state index contributed by atoms with van der Waals surface area (Å²) < 4.78 is 27.8. The summed E-state index contributed by atoms with van der Waals surface area (Å²) in [5.41, 5.74) is 1.34. The summed E-state index contributed by atoms with van der Waals surface area (Å²) in [6.45, 7) is 10.1. The van der Waals surface area contributed by atoms with Crippen LogP contribution in [0.1, 0.15) is 6.92 Å². The van der Waals surface area contributed by atoms with E-state index in [0.29, 0.717) is 46.4 Å². The first kappa shape index (κ1) is 20.8. The zero-order valence-corrected chi connectivity index (χ0v) is 18.4. The van der Waals surface area contributed by atoms with Crippen LogP contribution in [0.5, 0.6) is 5.75 Å². The Bertz CT molecular complexity index is 972. The van der Waals surface area contributed by atoms with Crippen molar-refractivity contribution >= 4 is 30.7 Å². The van der Waals surface area contributed by atoms with Gasteiger partial charge in [-0.15, -0.1) is 0 Å². The average molecular weight is 422 g/mol. The topological polar surface area (TPSA) is 49.2 Å². The second-order valence-corrected chi connectivity index (χ2v) is 13.8. The van der Waals surface area contributed by atoms with Gasteiger partial charge in [0.05, 0.1) is 12.2 Å². The zero-order chi connectivity index (χ0) is 20.3. The summed E-state index contributed by atoms with van der Waals surface area (Å²) in [7, 11) is -1.19. The molecule has 0 aliphatic carbocycles. The van der Waals surface area contributed by atoms with Crippen LogP contribution >= 0.6 is 11.6 Å². The average Bonchev–Trinajstić information content (AvgIpc) is 2.96. The SMILES string of the molecule is CCOc1cccc(F)c1-c1nn(COCC[Si](C)(C)C)c2nc(Cl)ccc12. The van der Waals surface area contributed by atoms with Gasteiger partial charge in [0, 0.05) is 20.1 Å². The Balaban J connectivity index is 2.01. The molecule has 0 radical (unpaired) electrons. The third-order valence-electron chi connectivity index (χ3n) is 4.28. The molecule has 8 heteroatoms. The molecular formula is C20H25ClFN3O2Si. The van der Waals surface area contributed by atoms with E-state index in [1.807, 2.05) is 6.92 Å². The van der Waals surface area contributed by atoms with Crippen molar-refractivity contribution in [3.05, 3.63) is 41.3 Å². The lowest BCUT2D eigenvalue weighted by molar-refractivity contribution is 0.0814. The van der Waals surface area contributed by atoms with E-state index in [1.54, 1.807) is 28.9 Å². The Morgan fingerprint density at radius 1 is 1.18 bits per heavy atom. The first-order valence-corrected chi connectivity index (χ1v) is 13.4. The van der Waals surface area contributed by atoms with Crippen molar-refractivity contribution in [2.24, 2.45) is 0 Å². The van der Waals surface area contributed by atoms with Crippen LogP contribution in [0.4, 0.5) is 4.39 Å². The molecule has 3 aromatic rings. The first-order chi connectivity index (χ1) is 13.3. The largest absolute Gasteiger partial charge is 0.493 e. The number of rotatable bonds is 8. The van der Waals surface area contributed by atoms with Gasteiger partial charge in [0.15, 0.2) is 5.65 Å². The molecule has 0 N–H and O–H groups in total. The lowest BCUT2D eigenvalue weighted by atomic mass is 10.1. The Labute approximate surface area is 170 Å². The molecule has 0 aliphatic heterocycles. The molecule has 0 saturated carbocycles. The number of nitrogens with zero attached hydrogens (tertiary/aromatic N) is 3. The highest BCUT2D eigenvalue weighted by Gasteiger charge is 2.21. The highest BCUT2D eigenvalue weighted by Crippen LogP contribution is 2.36. The van der Waals surface area contributed by atoms with Crippen LogP contribution in [0.15, 0.2) is 30.3 Å². The molecule has 0 unspecified atom stereocenters. The lowest BCUT2D eigenvalue weighted by Gasteiger charge is -2.15. The van der Waals surface area contributed by atoms with Crippen molar-refractivity contribution in [1.82, 2.24) is 14.8 Å². The maximum Gasteiger partial charge on any atom is 0.162 e. The van der Waals surface area contributed by atoms with E-state index in [2.05, 4.69) is 29.7 Å². The van der Waals surface area contributed by atoms with Gasteiger partial charge in [-0.3, -0.25) is 0 Å². The third-order valence-corrected chi connectivity index (χ3v) is 6.20. The number of halogens is 2. The van der Waals surface area contributed by atoms with Crippen molar-refractivity contribution in [3.63, 3.8) is 0 Å². The second kappa shape index (κ2) is 8.59. The van der Waals surface area contributed by atoms with Crippen molar-refractivity contribution in [1.29, 1.82) is 0 Å². The summed E-state index contributed by atoms with van der Waals surface area (Å²) in [5, 5.41) is 5.65. The predicted molar refractivity (Wildman–Crippen MR) is 113 cm³/mol. The number of benzene rings is 1. The number of hydrogen-bond acceptors (Lipinski definition) is 4. The third kappa shape index (κ3) is 4.71. The van der Waals surface area contributed by atoms with Crippen LogP contribution in [-0.2, 0) is 11.5 Å². The van der Waals surface area contributed by atoms with Gasteiger partial charge in [-0.05, 0) is 37.2 Å². The summed E-state index contributed by atoms with van der Waals surface area (Å²) in [6, 6.07) is 9.28. The Kier molecular flexibility index (Phi) is 6.37. The molecule has 3 rings (SSSR count). The van der Waals surface area contributed by atoms with Crippen molar-refractivity contribution < 1.29 is 13.9 Å². The van der Waals surface area contributed by atoms with E-state index in [4.69, 9.17) is 21.1 Å². The van der Waals surface area contributed by atoms with Gasteiger partial charge in [-0.2, -0.15) is 5.10 Å². The molecule has 0 aliphatic rings. The molecule has 0 saturated heterocycles. The van der Waals surface area contributed by atoms with E-state index in [-0.39, 0.29) is 6.73 Å². The molecule has 0 bridgehead atoms. The standard InChI is InChI=1S/C20H25ClFN3O2Si/c1-5-27-16-8-6-7-15(22)18(16)19-14-9-10-17(21)23-20(14)25(24-19)13-26-11-12-28(2,3)4/h6-10H,5,11-13H2,1-4H3. The van der Waals surface area contributed by atoms with E-state index >= 15 is 0 Å². The molecule has 28 heavy (non-hydrogen) atoms. The van der Waals surface area contributed by atoms with Crippen molar-refractivity contribution in [2.75, 3.05) is 13.2 Å². The predicted octanol–water partition coefficient (Wildman–Crippen LogP) is 5.60. The van der Waals surface area contributed by atoms with Gasteiger partial charge in [0.2, 0.25) is 0 Å². The lowest BCUT2D eigenvalue weighted by Crippen LogP contribution is -2.22. The number of ether oxygens (including phenoxy) is 2. The minimum atomic E-state index is -1.19. The van der Waals surface area contributed by atoms with Crippen LogP contribution < -0.4 is 4.74 Å². The van der Waals surface area contributed by atoms with Crippen LogP contribution in [-0.4, -0.2) is 36.1 Å². The fraction of sp³-hybridized carbons (Fsp3) is 0.400. The number of aromatic nitrogens is 3. The fourth-order valence-electron chi connectivity index (χ4n) is 2.84. The summed E-state index contributed by atoms with van der Waals surface area (Å²) in [4.78, 5) is 4.39. The van der Waals surface area contributed by atoms with Gasteiger partial charge in [-0.25, -0.2) is 14.1 Å². The summed E-state index contributed by atoms with van der Waals surface area (Å²) in [5.74, 6) is 0.0516. The van der Waals surface area contributed by atoms with E-state index in [0.717, 1.165) is 6.04 Å². The molecule has 150 valence electrons. The zero-order valence-electron chi connectivity index (χ0n) is 16.6. The molecule has 2 aromatic heterocycles. The van der Waals surface area contributed by atoms with Gasteiger partial charge in [-0.1, -0.05) is 37.3 Å². The molecule has 0 fully saturated rings. The van der Waals surface area contributed by atoms with Crippen LogP contribution in [0, 0.1) is 5.82 Å². The maximum atomic E-state index is 14.7. The van der Waals surface area contributed by atoms with Gasteiger partial charge < -0.3 is 9.47 Å². The number of pyridine rings is 1. The van der Waals surface area contributed by atoms with Gasteiger partial charge in [0.1, 0.15) is 29.1 Å². The first-order valence-electron chi connectivity index (χ1n) is 9.32. The fourth-order valence-corrected chi connectivity index (χ4v) is 3.74. The minimum absolute atomic E-state index is 0.229. The van der Waals surface area contributed by atoms with Crippen LogP contribution in [0.25, 0.3) is 22.3 Å². The Morgan fingerprint density at radius 3 is 2.68 bits per heavy atom. The molecule has 0 amide bonds. The summed E-state index contributed by atoms with van der Waals surface area (Å²) >= 11 is 6.09. The molecular weight excluding hydrogens is 397 g/mol. The number of fused-ring (bicyclic) bond motifs is 1. The van der Waals surface area contributed by atoms with Gasteiger partial charge in [0.25, 0.3) is 0 Å². The smallest absolute Gasteiger partial charge is 0.162 e. The van der Waals surface area contributed by atoms with Crippen LogP contribution in [0.3, 0.4) is 0 Å². The van der Waals surface area contributed by atoms with E-state index in [9.17, 15) is 4.39 Å². The van der Waals surface area contributed by atoms with Crippen LogP contribution in [0.2, 0.25) is 30.8 Å². The maximum absolute atomic E-state index is 14.7.